The van der Waals surface area contributed by atoms with E-state index in [-0.39, 0.29) is 11.7 Å². The number of hydrogen-bond acceptors (Lipinski definition) is 3. The molecule has 138 valence electrons. The molecule has 4 rings (SSSR count). The summed E-state index contributed by atoms with van der Waals surface area (Å²) in [4.78, 5) is 16.9. The Morgan fingerprint density at radius 2 is 2.04 bits per heavy atom. The maximum atomic E-state index is 12.9. The van der Waals surface area contributed by atoms with Crippen LogP contribution in [0.1, 0.15) is 27.9 Å². The average molecular weight is 425 g/mol. The van der Waals surface area contributed by atoms with Crippen LogP contribution >= 0.6 is 15.9 Å². The molecule has 0 spiro atoms. The first-order chi connectivity index (χ1) is 13.2. The zero-order valence-electron chi connectivity index (χ0n) is 15.0. The molecule has 27 heavy (non-hydrogen) atoms. The van der Waals surface area contributed by atoms with Crippen molar-refractivity contribution in [1.82, 2.24) is 9.55 Å². The van der Waals surface area contributed by atoms with Crippen LogP contribution in [0.4, 0.5) is 0 Å². The molecule has 4 nitrogen and oxygen atoms in total. The standard InChI is InChI=1S/C22H21BrN2O2/c23-19-5-1-16(2-6-19)13-18-4-3-17-14-20(7-8-21(17)22(18)26)27-12-11-25-10-9-24-15-25/h1-2,5-10,14-15,18H,3-4,11-13H2. The van der Waals surface area contributed by atoms with Crippen LogP contribution < -0.4 is 4.74 Å². The highest BCUT2D eigenvalue weighted by Crippen LogP contribution is 2.30. The Morgan fingerprint density at radius 3 is 2.81 bits per heavy atom. The minimum Gasteiger partial charge on any atom is -0.492 e. The first-order valence-corrected chi connectivity index (χ1v) is 9.98. The van der Waals surface area contributed by atoms with Crippen LogP contribution in [0.3, 0.4) is 0 Å². The third-order valence-electron chi connectivity index (χ3n) is 5.05. The number of rotatable bonds is 6. The molecule has 1 unspecified atom stereocenters. The molecule has 0 saturated heterocycles. The summed E-state index contributed by atoms with van der Waals surface area (Å²) >= 11 is 3.46. The molecule has 5 heteroatoms. The van der Waals surface area contributed by atoms with E-state index in [2.05, 4.69) is 33.0 Å². The lowest BCUT2D eigenvalue weighted by Crippen LogP contribution is -2.24. The predicted molar refractivity (Wildman–Crippen MR) is 108 cm³/mol. The molecule has 0 radical (unpaired) electrons. The van der Waals surface area contributed by atoms with Gasteiger partial charge in [0.2, 0.25) is 0 Å². The number of carbonyl (C=O) groups excluding carboxylic acids is 1. The Bertz CT molecular complexity index is 920. The second-order valence-electron chi connectivity index (χ2n) is 6.90. The van der Waals surface area contributed by atoms with Crippen molar-refractivity contribution in [3.63, 3.8) is 0 Å². The quantitative estimate of drug-likeness (QED) is 0.575. The van der Waals surface area contributed by atoms with Gasteiger partial charge in [-0.05, 0) is 60.7 Å². The molecule has 1 atom stereocenters. The number of aryl methyl sites for hydroxylation is 1. The summed E-state index contributed by atoms with van der Waals surface area (Å²) < 4.78 is 8.89. The van der Waals surface area contributed by atoms with Crippen LogP contribution in [0.15, 0.2) is 65.7 Å². The van der Waals surface area contributed by atoms with Crippen LogP contribution in [-0.2, 0) is 19.4 Å². The monoisotopic (exact) mass is 424 g/mol. The van der Waals surface area contributed by atoms with Gasteiger partial charge >= 0.3 is 0 Å². The van der Waals surface area contributed by atoms with Gasteiger partial charge in [0.1, 0.15) is 12.4 Å². The maximum absolute atomic E-state index is 12.9. The molecule has 1 aliphatic carbocycles. The van der Waals surface area contributed by atoms with E-state index in [1.165, 1.54) is 5.56 Å². The van der Waals surface area contributed by atoms with Crippen LogP contribution in [-0.4, -0.2) is 21.9 Å². The van der Waals surface area contributed by atoms with Gasteiger partial charge < -0.3 is 9.30 Å². The number of Topliss-reactive ketones (excluding diaryl/α,β-unsaturated/α-hetero) is 1. The lowest BCUT2D eigenvalue weighted by Gasteiger charge is -2.24. The molecular formula is C22H21BrN2O2. The number of fused-ring (bicyclic) bond motifs is 1. The largest absolute Gasteiger partial charge is 0.492 e. The number of halogens is 1. The third-order valence-corrected chi connectivity index (χ3v) is 5.58. The van der Waals surface area contributed by atoms with E-state index in [0.717, 1.165) is 47.2 Å². The summed E-state index contributed by atoms with van der Waals surface area (Å²) in [6, 6.07) is 14.1. The van der Waals surface area contributed by atoms with Gasteiger partial charge in [0.15, 0.2) is 5.78 Å². The fraction of sp³-hybridized carbons (Fsp3) is 0.273. The number of nitrogens with zero attached hydrogens (tertiary/aromatic N) is 2. The van der Waals surface area contributed by atoms with Crippen molar-refractivity contribution < 1.29 is 9.53 Å². The van der Waals surface area contributed by atoms with Gasteiger partial charge in [-0.3, -0.25) is 4.79 Å². The molecule has 0 fully saturated rings. The molecule has 1 aromatic heterocycles. The molecule has 0 N–H and O–H groups in total. The molecule has 3 aromatic rings. The second-order valence-corrected chi connectivity index (χ2v) is 7.81. The highest BCUT2D eigenvalue weighted by Gasteiger charge is 2.27. The van der Waals surface area contributed by atoms with E-state index >= 15 is 0 Å². The SMILES string of the molecule is O=C1c2ccc(OCCn3ccnc3)cc2CCC1Cc1ccc(Br)cc1. The smallest absolute Gasteiger partial charge is 0.166 e. The minimum atomic E-state index is 0.0617. The topological polar surface area (TPSA) is 44.1 Å². The predicted octanol–water partition coefficient (Wildman–Crippen LogP) is 4.71. The van der Waals surface area contributed by atoms with Gasteiger partial charge in [0.25, 0.3) is 0 Å². The van der Waals surface area contributed by atoms with Gasteiger partial charge in [-0.25, -0.2) is 4.98 Å². The first-order valence-electron chi connectivity index (χ1n) is 9.19. The fourth-order valence-electron chi connectivity index (χ4n) is 3.58. The van der Waals surface area contributed by atoms with Gasteiger partial charge in [0.05, 0.1) is 12.9 Å². The number of carbonyl (C=O) groups is 1. The number of aromatic nitrogens is 2. The Morgan fingerprint density at radius 1 is 1.19 bits per heavy atom. The molecule has 1 heterocycles. The lowest BCUT2D eigenvalue weighted by atomic mass is 9.79. The first kappa shape index (κ1) is 18.0. The normalized spacial score (nSPS) is 16.2. The van der Waals surface area contributed by atoms with E-state index in [9.17, 15) is 4.79 Å². The zero-order valence-corrected chi connectivity index (χ0v) is 16.6. The molecule has 2 aromatic carbocycles. The molecule has 0 amide bonds. The Hall–Kier alpha value is -2.40. The number of imidazole rings is 1. The summed E-state index contributed by atoms with van der Waals surface area (Å²) in [6.07, 6.45) is 8.06. The van der Waals surface area contributed by atoms with Crippen molar-refractivity contribution in [3.8, 4) is 5.75 Å². The summed E-state index contributed by atoms with van der Waals surface area (Å²) in [6.45, 7) is 1.33. The van der Waals surface area contributed by atoms with Crippen LogP contribution in [0.2, 0.25) is 0 Å². The van der Waals surface area contributed by atoms with E-state index in [0.29, 0.717) is 6.61 Å². The average Bonchev–Trinajstić information content (AvgIpc) is 3.19. The molecular weight excluding hydrogens is 404 g/mol. The number of hydrogen-bond donors (Lipinski definition) is 0. The Labute approximate surface area is 167 Å². The number of ketones is 1. The zero-order chi connectivity index (χ0) is 18.6. The van der Waals surface area contributed by atoms with Crippen molar-refractivity contribution in [2.24, 2.45) is 5.92 Å². The van der Waals surface area contributed by atoms with Crippen LogP contribution in [0, 0.1) is 5.92 Å². The van der Waals surface area contributed by atoms with Gasteiger partial charge in [-0.1, -0.05) is 28.1 Å². The minimum absolute atomic E-state index is 0.0617. The Kier molecular flexibility index (Phi) is 5.39. The fourth-order valence-corrected chi connectivity index (χ4v) is 3.84. The van der Waals surface area contributed by atoms with Crippen molar-refractivity contribution in [2.45, 2.75) is 25.8 Å². The highest BCUT2D eigenvalue weighted by molar-refractivity contribution is 9.10. The maximum Gasteiger partial charge on any atom is 0.166 e. The summed E-state index contributed by atoms with van der Waals surface area (Å²) in [5, 5.41) is 0. The van der Waals surface area contributed by atoms with Crippen molar-refractivity contribution in [3.05, 3.63) is 82.3 Å². The van der Waals surface area contributed by atoms with Gasteiger partial charge in [-0.2, -0.15) is 0 Å². The molecule has 0 bridgehead atoms. The number of benzene rings is 2. The van der Waals surface area contributed by atoms with E-state index in [4.69, 9.17) is 4.74 Å². The van der Waals surface area contributed by atoms with Crippen LogP contribution in [0.25, 0.3) is 0 Å². The summed E-state index contributed by atoms with van der Waals surface area (Å²) in [5.41, 5.74) is 3.16. The van der Waals surface area contributed by atoms with Gasteiger partial charge in [-0.15, -0.1) is 0 Å². The second kappa shape index (κ2) is 8.09. The molecule has 1 aliphatic rings. The number of ether oxygens (including phenoxy) is 1. The summed E-state index contributed by atoms with van der Waals surface area (Å²) in [5.74, 6) is 1.14. The molecule has 0 aliphatic heterocycles. The third kappa shape index (κ3) is 4.30. The van der Waals surface area contributed by atoms with Crippen molar-refractivity contribution in [1.29, 1.82) is 0 Å². The lowest BCUT2D eigenvalue weighted by molar-refractivity contribution is 0.0901. The molecule has 0 saturated carbocycles. The Balaban J connectivity index is 1.40. The van der Waals surface area contributed by atoms with E-state index in [1.54, 1.807) is 12.5 Å². The van der Waals surface area contributed by atoms with Crippen molar-refractivity contribution in [2.75, 3.05) is 6.61 Å². The van der Waals surface area contributed by atoms with E-state index in [1.807, 2.05) is 41.1 Å². The van der Waals surface area contributed by atoms with Crippen LogP contribution in [0.5, 0.6) is 5.75 Å². The van der Waals surface area contributed by atoms with Crippen molar-refractivity contribution >= 4 is 21.7 Å². The van der Waals surface area contributed by atoms with Gasteiger partial charge in [0, 0.05) is 28.3 Å². The van der Waals surface area contributed by atoms with E-state index < -0.39 is 0 Å². The highest BCUT2D eigenvalue weighted by atomic mass is 79.9. The summed E-state index contributed by atoms with van der Waals surface area (Å²) in [7, 11) is 0.